The Morgan fingerprint density at radius 2 is 1.93 bits per heavy atom. The quantitative estimate of drug-likeness (QED) is 0.573. The summed E-state index contributed by atoms with van der Waals surface area (Å²) in [6.07, 6.45) is 1.17. The van der Waals surface area contributed by atoms with Crippen LogP contribution in [0.5, 0.6) is 5.75 Å². The molecule has 0 radical (unpaired) electrons. The first-order chi connectivity index (χ1) is 12.8. The van der Waals surface area contributed by atoms with Crippen molar-refractivity contribution in [2.24, 2.45) is 5.73 Å². The number of hydrogen-bond donors (Lipinski definition) is 3. The summed E-state index contributed by atoms with van der Waals surface area (Å²) in [5.74, 6) is -1.46. The summed E-state index contributed by atoms with van der Waals surface area (Å²) < 4.78 is 19.4. The topological polar surface area (TPSA) is 114 Å². The van der Waals surface area contributed by atoms with Gasteiger partial charge in [0.15, 0.2) is 6.61 Å². The fourth-order valence-electron chi connectivity index (χ4n) is 2.41. The molecule has 0 saturated heterocycles. The van der Waals surface area contributed by atoms with Crippen molar-refractivity contribution in [3.05, 3.63) is 68.7 Å². The number of aromatic amines is 1. The third-order valence-corrected chi connectivity index (χ3v) is 4.10. The van der Waals surface area contributed by atoms with Gasteiger partial charge < -0.3 is 20.8 Å². The van der Waals surface area contributed by atoms with Crippen LogP contribution < -0.4 is 21.2 Å². The highest BCUT2D eigenvalue weighted by Crippen LogP contribution is 2.20. The number of nitrogens with one attached hydrogen (secondary N) is 2. The van der Waals surface area contributed by atoms with Gasteiger partial charge in [-0.05, 0) is 36.4 Å². The summed E-state index contributed by atoms with van der Waals surface area (Å²) in [7, 11) is 0. The fourth-order valence-corrected chi connectivity index (χ4v) is 2.84. The smallest absolute Gasteiger partial charge is 0.261 e. The van der Waals surface area contributed by atoms with E-state index >= 15 is 0 Å². The third-order valence-electron chi connectivity index (χ3n) is 3.64. The molecule has 0 fully saturated rings. The van der Waals surface area contributed by atoms with Crippen LogP contribution in [0.2, 0.25) is 0 Å². The first-order valence-electron chi connectivity index (χ1n) is 7.68. The molecule has 0 bridgehead atoms. The molecule has 0 spiro atoms. The van der Waals surface area contributed by atoms with E-state index in [-0.39, 0.29) is 23.1 Å². The molecule has 2 amide bonds. The summed E-state index contributed by atoms with van der Waals surface area (Å²) in [6.45, 7) is -0.260. The summed E-state index contributed by atoms with van der Waals surface area (Å²) in [6, 6.07) is 8.82. The van der Waals surface area contributed by atoms with Gasteiger partial charge in [0.05, 0.1) is 10.9 Å². The minimum atomic E-state index is -0.649. The Bertz CT molecular complexity index is 1100. The SMILES string of the molecule is NC(=O)COc1ccc(NC(=O)c2c[nH]c3c(F)cc(Br)cc3c2=O)cc1. The van der Waals surface area contributed by atoms with Crippen molar-refractivity contribution in [3.63, 3.8) is 0 Å². The van der Waals surface area contributed by atoms with Gasteiger partial charge in [0.25, 0.3) is 11.8 Å². The van der Waals surface area contributed by atoms with Crippen molar-refractivity contribution in [3.8, 4) is 5.75 Å². The highest BCUT2D eigenvalue weighted by Gasteiger charge is 2.15. The monoisotopic (exact) mass is 433 g/mol. The van der Waals surface area contributed by atoms with Gasteiger partial charge in [-0.25, -0.2) is 4.39 Å². The van der Waals surface area contributed by atoms with E-state index in [2.05, 4.69) is 26.2 Å². The van der Waals surface area contributed by atoms with Crippen LogP contribution in [0.4, 0.5) is 10.1 Å². The molecule has 3 aromatic rings. The number of anilines is 1. The van der Waals surface area contributed by atoms with E-state index in [9.17, 15) is 18.8 Å². The zero-order valence-corrected chi connectivity index (χ0v) is 15.3. The molecule has 0 aliphatic rings. The molecule has 0 atom stereocenters. The van der Waals surface area contributed by atoms with E-state index in [0.717, 1.165) is 0 Å². The van der Waals surface area contributed by atoms with Crippen LogP contribution in [0.25, 0.3) is 10.9 Å². The maximum absolute atomic E-state index is 13.9. The maximum atomic E-state index is 13.9. The molecule has 1 aromatic heterocycles. The van der Waals surface area contributed by atoms with Crippen LogP contribution in [-0.2, 0) is 4.79 Å². The molecule has 27 heavy (non-hydrogen) atoms. The molecule has 1 heterocycles. The predicted molar refractivity (Wildman–Crippen MR) is 101 cm³/mol. The number of carbonyl (C=O) groups excluding carboxylic acids is 2. The molecule has 2 aromatic carbocycles. The first kappa shape index (κ1) is 18.6. The lowest BCUT2D eigenvalue weighted by atomic mass is 10.1. The number of benzene rings is 2. The average Bonchev–Trinajstić information content (AvgIpc) is 2.62. The van der Waals surface area contributed by atoms with E-state index < -0.39 is 23.1 Å². The van der Waals surface area contributed by atoms with E-state index in [0.29, 0.717) is 15.9 Å². The van der Waals surface area contributed by atoms with Crippen molar-refractivity contribution >= 4 is 44.3 Å². The zero-order valence-electron chi connectivity index (χ0n) is 13.7. The lowest BCUT2D eigenvalue weighted by Crippen LogP contribution is -2.22. The van der Waals surface area contributed by atoms with Crippen LogP contribution >= 0.6 is 15.9 Å². The van der Waals surface area contributed by atoms with Gasteiger partial charge >= 0.3 is 0 Å². The van der Waals surface area contributed by atoms with Gasteiger partial charge in [-0.3, -0.25) is 14.4 Å². The maximum Gasteiger partial charge on any atom is 0.261 e. The number of carbonyl (C=O) groups is 2. The predicted octanol–water partition coefficient (Wildman–Crippen LogP) is 2.55. The summed E-state index contributed by atoms with van der Waals surface area (Å²) in [5.41, 5.74) is 4.67. The normalized spacial score (nSPS) is 10.6. The minimum Gasteiger partial charge on any atom is -0.484 e. The number of hydrogen-bond acceptors (Lipinski definition) is 4. The molecule has 4 N–H and O–H groups in total. The highest BCUT2D eigenvalue weighted by atomic mass is 79.9. The number of pyridine rings is 1. The van der Waals surface area contributed by atoms with Crippen molar-refractivity contribution < 1.29 is 18.7 Å². The zero-order chi connectivity index (χ0) is 19.6. The highest BCUT2D eigenvalue weighted by molar-refractivity contribution is 9.10. The van der Waals surface area contributed by atoms with Crippen LogP contribution in [0.15, 0.2) is 51.9 Å². The van der Waals surface area contributed by atoms with E-state index in [4.69, 9.17) is 10.5 Å². The Morgan fingerprint density at radius 3 is 2.59 bits per heavy atom. The second-order valence-electron chi connectivity index (χ2n) is 5.58. The standard InChI is InChI=1S/C18H13BrFN3O4/c19-9-5-12-16(14(20)6-9)22-7-13(17(12)25)18(26)23-10-1-3-11(4-2-10)27-8-15(21)24/h1-7H,8H2,(H2,21,24)(H,22,25)(H,23,26). The third kappa shape index (κ3) is 4.14. The summed E-state index contributed by atoms with van der Waals surface area (Å²) in [5, 5.41) is 2.63. The van der Waals surface area contributed by atoms with Crippen molar-refractivity contribution in [1.82, 2.24) is 4.98 Å². The van der Waals surface area contributed by atoms with Gasteiger partial charge in [0, 0.05) is 16.4 Å². The number of halogens is 2. The summed E-state index contributed by atoms with van der Waals surface area (Å²) >= 11 is 3.13. The van der Waals surface area contributed by atoms with Crippen molar-refractivity contribution in [2.75, 3.05) is 11.9 Å². The Labute approximate surface area is 160 Å². The number of nitrogens with two attached hydrogens (primary N) is 1. The van der Waals surface area contributed by atoms with Gasteiger partial charge in [-0.2, -0.15) is 0 Å². The molecule has 0 unspecified atom stereocenters. The Balaban J connectivity index is 1.83. The lowest BCUT2D eigenvalue weighted by molar-refractivity contribution is -0.119. The van der Waals surface area contributed by atoms with Crippen LogP contribution in [-0.4, -0.2) is 23.4 Å². The van der Waals surface area contributed by atoms with Crippen LogP contribution in [0, 0.1) is 5.82 Å². The molecular weight excluding hydrogens is 421 g/mol. The number of fused-ring (bicyclic) bond motifs is 1. The number of ether oxygens (including phenoxy) is 1. The van der Waals surface area contributed by atoms with Crippen molar-refractivity contribution in [1.29, 1.82) is 0 Å². The Morgan fingerprint density at radius 1 is 1.22 bits per heavy atom. The van der Waals surface area contributed by atoms with E-state index in [1.807, 2.05) is 0 Å². The number of amides is 2. The molecular formula is C18H13BrFN3O4. The fraction of sp³-hybridized carbons (Fsp3) is 0.0556. The van der Waals surface area contributed by atoms with E-state index in [1.54, 1.807) is 12.1 Å². The molecule has 0 aliphatic carbocycles. The molecule has 7 nitrogen and oxygen atoms in total. The number of rotatable bonds is 5. The van der Waals surface area contributed by atoms with Crippen molar-refractivity contribution in [2.45, 2.75) is 0 Å². The average molecular weight is 434 g/mol. The molecule has 0 saturated carbocycles. The Hall–Kier alpha value is -3.20. The number of aromatic nitrogens is 1. The van der Waals surface area contributed by atoms with Gasteiger partial charge in [-0.15, -0.1) is 0 Å². The lowest BCUT2D eigenvalue weighted by Gasteiger charge is -2.08. The van der Waals surface area contributed by atoms with Gasteiger partial charge in [-0.1, -0.05) is 15.9 Å². The number of H-pyrrole nitrogens is 1. The van der Waals surface area contributed by atoms with Gasteiger partial charge in [0.1, 0.15) is 17.1 Å². The molecule has 9 heteroatoms. The largest absolute Gasteiger partial charge is 0.484 e. The first-order valence-corrected chi connectivity index (χ1v) is 8.47. The molecule has 0 aliphatic heterocycles. The van der Waals surface area contributed by atoms with Gasteiger partial charge in [0.2, 0.25) is 5.43 Å². The molecule has 3 rings (SSSR count). The van der Waals surface area contributed by atoms with Crippen LogP contribution in [0.1, 0.15) is 10.4 Å². The van der Waals surface area contributed by atoms with Crippen LogP contribution in [0.3, 0.4) is 0 Å². The summed E-state index contributed by atoms with van der Waals surface area (Å²) in [4.78, 5) is 38.3. The minimum absolute atomic E-state index is 0.0238. The second kappa shape index (κ2) is 7.58. The second-order valence-corrected chi connectivity index (χ2v) is 6.49. The number of primary amides is 1. The molecule has 138 valence electrons. The van der Waals surface area contributed by atoms with E-state index in [1.165, 1.54) is 30.5 Å². The Kier molecular flexibility index (Phi) is 5.22.